The number of aryl methyl sites for hydroxylation is 1. The molecule has 0 radical (unpaired) electrons. The van der Waals surface area contributed by atoms with Gasteiger partial charge in [-0.2, -0.15) is 0 Å². The number of nitrogens with one attached hydrogen (secondary N) is 2. The molecule has 29 heavy (non-hydrogen) atoms. The highest BCUT2D eigenvalue weighted by Crippen LogP contribution is 2.39. The number of carbonyl (C=O) groups is 1. The van der Waals surface area contributed by atoms with Gasteiger partial charge in [-0.25, -0.2) is 0 Å². The van der Waals surface area contributed by atoms with Gasteiger partial charge in [0.15, 0.2) is 11.5 Å². The molecule has 0 fully saturated rings. The third kappa shape index (κ3) is 3.95. The van der Waals surface area contributed by atoms with Crippen LogP contribution >= 0.6 is 0 Å². The number of ether oxygens (including phenoxy) is 2. The van der Waals surface area contributed by atoms with Crippen molar-refractivity contribution in [2.45, 2.75) is 45.4 Å². The molecule has 4 rings (SSSR count). The summed E-state index contributed by atoms with van der Waals surface area (Å²) in [4.78, 5) is 16.2. The SMILES string of the molecule is CCCCNC(=O)CC(c1ccc2c(c1)OCO2)c1c[nH]c2c(CC)cccc12. The lowest BCUT2D eigenvalue weighted by atomic mass is 9.87. The van der Waals surface area contributed by atoms with Gasteiger partial charge in [-0.1, -0.05) is 44.5 Å². The van der Waals surface area contributed by atoms with Gasteiger partial charge in [0.2, 0.25) is 12.7 Å². The van der Waals surface area contributed by atoms with Crippen LogP contribution in [0.5, 0.6) is 11.5 Å². The second-order valence-corrected chi connectivity index (χ2v) is 7.51. The topological polar surface area (TPSA) is 63.4 Å². The largest absolute Gasteiger partial charge is 0.454 e. The fourth-order valence-electron chi connectivity index (χ4n) is 4.02. The summed E-state index contributed by atoms with van der Waals surface area (Å²) in [6, 6.07) is 12.4. The third-order valence-corrected chi connectivity index (χ3v) is 5.63. The molecule has 152 valence electrons. The number of hydrogen-bond donors (Lipinski definition) is 2. The Morgan fingerprint density at radius 2 is 2.03 bits per heavy atom. The molecule has 0 saturated heterocycles. The predicted molar refractivity (Wildman–Crippen MR) is 115 cm³/mol. The van der Waals surface area contributed by atoms with Crippen molar-refractivity contribution in [1.29, 1.82) is 0 Å². The second kappa shape index (κ2) is 8.60. The zero-order chi connectivity index (χ0) is 20.2. The van der Waals surface area contributed by atoms with E-state index >= 15 is 0 Å². The molecule has 0 spiro atoms. The van der Waals surface area contributed by atoms with E-state index in [0.717, 1.165) is 53.9 Å². The van der Waals surface area contributed by atoms with Crippen LogP contribution in [-0.4, -0.2) is 24.2 Å². The maximum absolute atomic E-state index is 12.7. The summed E-state index contributed by atoms with van der Waals surface area (Å²) in [5.74, 6) is 1.51. The van der Waals surface area contributed by atoms with Gasteiger partial charge in [0.1, 0.15) is 0 Å². The molecule has 2 N–H and O–H groups in total. The summed E-state index contributed by atoms with van der Waals surface area (Å²) < 4.78 is 11.0. The van der Waals surface area contributed by atoms with Gasteiger partial charge >= 0.3 is 0 Å². The maximum atomic E-state index is 12.7. The maximum Gasteiger partial charge on any atom is 0.231 e. The Morgan fingerprint density at radius 1 is 1.17 bits per heavy atom. The van der Waals surface area contributed by atoms with Crippen molar-refractivity contribution in [3.05, 3.63) is 59.3 Å². The van der Waals surface area contributed by atoms with Crippen molar-refractivity contribution < 1.29 is 14.3 Å². The highest BCUT2D eigenvalue weighted by Gasteiger charge is 2.24. The Bertz CT molecular complexity index is 1010. The molecule has 0 saturated carbocycles. The number of aromatic nitrogens is 1. The molecule has 1 aromatic heterocycles. The molecule has 1 amide bonds. The van der Waals surface area contributed by atoms with Crippen LogP contribution in [0.1, 0.15) is 55.7 Å². The fourth-order valence-corrected chi connectivity index (χ4v) is 4.02. The Kier molecular flexibility index (Phi) is 5.74. The normalized spacial score (nSPS) is 13.6. The van der Waals surface area contributed by atoms with Gasteiger partial charge in [0.25, 0.3) is 0 Å². The second-order valence-electron chi connectivity index (χ2n) is 7.51. The quantitative estimate of drug-likeness (QED) is 0.536. The van der Waals surface area contributed by atoms with Gasteiger partial charge < -0.3 is 19.8 Å². The molecule has 0 aliphatic carbocycles. The van der Waals surface area contributed by atoms with E-state index in [0.29, 0.717) is 6.42 Å². The predicted octanol–water partition coefficient (Wildman–Crippen LogP) is 4.90. The summed E-state index contributed by atoms with van der Waals surface area (Å²) in [6.45, 7) is 5.25. The van der Waals surface area contributed by atoms with E-state index in [4.69, 9.17) is 9.47 Å². The van der Waals surface area contributed by atoms with Gasteiger partial charge in [-0.3, -0.25) is 4.79 Å². The van der Waals surface area contributed by atoms with Gasteiger partial charge in [-0.15, -0.1) is 0 Å². The Balaban J connectivity index is 1.71. The fraction of sp³-hybridized carbons (Fsp3) is 0.375. The van der Waals surface area contributed by atoms with E-state index in [2.05, 4.69) is 48.5 Å². The van der Waals surface area contributed by atoms with Gasteiger partial charge in [0, 0.05) is 36.0 Å². The highest BCUT2D eigenvalue weighted by atomic mass is 16.7. The van der Waals surface area contributed by atoms with Crippen molar-refractivity contribution in [2.75, 3.05) is 13.3 Å². The smallest absolute Gasteiger partial charge is 0.231 e. The number of carbonyl (C=O) groups excluding carboxylic acids is 1. The molecular weight excluding hydrogens is 364 g/mol. The summed E-state index contributed by atoms with van der Waals surface area (Å²) in [6.07, 6.45) is 5.47. The van der Waals surface area contributed by atoms with Crippen molar-refractivity contribution in [2.24, 2.45) is 0 Å². The molecular formula is C24H28N2O3. The van der Waals surface area contributed by atoms with Gasteiger partial charge in [0.05, 0.1) is 0 Å². The van der Waals surface area contributed by atoms with Crippen LogP contribution in [0, 0.1) is 0 Å². The summed E-state index contributed by atoms with van der Waals surface area (Å²) in [5.41, 5.74) is 4.63. The molecule has 2 heterocycles. The molecule has 1 aliphatic heterocycles. The minimum Gasteiger partial charge on any atom is -0.454 e. The number of unbranched alkanes of at least 4 members (excludes halogenated alkanes) is 1. The summed E-state index contributed by atoms with van der Waals surface area (Å²) >= 11 is 0. The molecule has 2 aromatic carbocycles. The zero-order valence-electron chi connectivity index (χ0n) is 17.1. The molecule has 1 atom stereocenters. The number of amides is 1. The lowest BCUT2D eigenvalue weighted by Crippen LogP contribution is -2.26. The first-order chi connectivity index (χ1) is 14.2. The lowest BCUT2D eigenvalue weighted by molar-refractivity contribution is -0.121. The van der Waals surface area contributed by atoms with E-state index in [1.54, 1.807) is 0 Å². The minimum atomic E-state index is -0.0630. The van der Waals surface area contributed by atoms with Crippen LogP contribution in [0.2, 0.25) is 0 Å². The highest BCUT2D eigenvalue weighted by molar-refractivity contribution is 5.88. The van der Waals surface area contributed by atoms with Gasteiger partial charge in [-0.05, 0) is 41.7 Å². The standard InChI is InChI=1S/C24H28N2O3/c1-3-5-11-25-23(27)13-19(17-9-10-21-22(12-17)29-15-28-21)20-14-26-24-16(4-2)7-6-8-18(20)24/h6-10,12,14,19,26H,3-5,11,13,15H2,1-2H3,(H,25,27). The van der Waals surface area contributed by atoms with E-state index in [9.17, 15) is 4.79 Å². The van der Waals surface area contributed by atoms with Crippen molar-refractivity contribution in [1.82, 2.24) is 10.3 Å². The van der Waals surface area contributed by atoms with E-state index < -0.39 is 0 Å². The zero-order valence-corrected chi connectivity index (χ0v) is 17.1. The van der Waals surface area contributed by atoms with Crippen LogP contribution in [0.25, 0.3) is 10.9 Å². The first-order valence-electron chi connectivity index (χ1n) is 10.5. The number of rotatable bonds is 8. The number of H-pyrrole nitrogens is 1. The number of para-hydroxylation sites is 1. The van der Waals surface area contributed by atoms with E-state index in [-0.39, 0.29) is 18.6 Å². The number of hydrogen-bond acceptors (Lipinski definition) is 3. The Hall–Kier alpha value is -2.95. The van der Waals surface area contributed by atoms with Crippen molar-refractivity contribution >= 4 is 16.8 Å². The first kappa shape index (κ1) is 19.4. The molecule has 0 bridgehead atoms. The number of fused-ring (bicyclic) bond motifs is 2. The van der Waals surface area contributed by atoms with Crippen LogP contribution in [-0.2, 0) is 11.2 Å². The van der Waals surface area contributed by atoms with Crippen molar-refractivity contribution in [3.8, 4) is 11.5 Å². The number of aromatic amines is 1. The monoisotopic (exact) mass is 392 g/mol. The molecule has 1 aliphatic rings. The average Bonchev–Trinajstić information content (AvgIpc) is 3.38. The summed E-state index contributed by atoms with van der Waals surface area (Å²) in [5, 5.41) is 4.24. The van der Waals surface area contributed by atoms with Crippen molar-refractivity contribution in [3.63, 3.8) is 0 Å². The van der Waals surface area contributed by atoms with Crippen LogP contribution in [0.4, 0.5) is 0 Å². The summed E-state index contributed by atoms with van der Waals surface area (Å²) in [7, 11) is 0. The molecule has 5 nitrogen and oxygen atoms in total. The molecule has 3 aromatic rings. The minimum absolute atomic E-state index is 0.0630. The Labute approximate surface area is 171 Å². The Morgan fingerprint density at radius 3 is 2.86 bits per heavy atom. The molecule has 1 unspecified atom stereocenters. The van der Waals surface area contributed by atoms with E-state index in [1.165, 1.54) is 10.9 Å². The van der Waals surface area contributed by atoms with Crippen LogP contribution in [0.15, 0.2) is 42.6 Å². The third-order valence-electron chi connectivity index (χ3n) is 5.63. The van der Waals surface area contributed by atoms with Crippen LogP contribution < -0.4 is 14.8 Å². The lowest BCUT2D eigenvalue weighted by Gasteiger charge is -2.18. The number of benzene rings is 2. The van der Waals surface area contributed by atoms with Crippen LogP contribution in [0.3, 0.4) is 0 Å². The molecule has 5 heteroatoms. The van der Waals surface area contributed by atoms with E-state index in [1.807, 2.05) is 18.2 Å². The first-order valence-corrected chi connectivity index (χ1v) is 10.5. The average molecular weight is 392 g/mol.